The van der Waals surface area contributed by atoms with Gasteiger partial charge in [-0.25, -0.2) is 0 Å². The maximum atomic E-state index is 7.16. The first-order chi connectivity index (χ1) is 28.4. The number of hydrogen-bond acceptors (Lipinski definition) is 2. The van der Waals surface area contributed by atoms with Gasteiger partial charge in [-0.3, -0.25) is 0 Å². The van der Waals surface area contributed by atoms with Gasteiger partial charge in [0.05, 0.1) is 5.69 Å². The number of anilines is 3. The topological polar surface area (TPSA) is 12.5 Å². The van der Waals surface area contributed by atoms with E-state index in [0.29, 0.717) is 17.3 Å². The number of rotatable bonds is 4. The SMILES string of the molecule is CC1(C)CCC(C)(C)c2c(N(c3ccc4c(c3)C(C)(C)c3ccccc3-4)c3ccc4c(c3)C3(c5ccc(-c6ccccc6)cc5O4)C4CC5CC6CC3C64C5)cccc21. The van der Waals surface area contributed by atoms with E-state index in [0.717, 1.165) is 23.3 Å². The van der Waals surface area contributed by atoms with E-state index in [9.17, 15) is 0 Å². The van der Waals surface area contributed by atoms with Crippen LogP contribution in [0.1, 0.15) is 113 Å². The Hall–Kier alpha value is -5.08. The van der Waals surface area contributed by atoms with Gasteiger partial charge in [0.15, 0.2) is 0 Å². The van der Waals surface area contributed by atoms with Crippen molar-refractivity contribution in [2.75, 3.05) is 4.90 Å². The van der Waals surface area contributed by atoms with Crippen LogP contribution < -0.4 is 9.64 Å². The summed E-state index contributed by atoms with van der Waals surface area (Å²) in [6, 6.07) is 49.0. The molecule has 6 aromatic carbocycles. The largest absolute Gasteiger partial charge is 0.457 e. The van der Waals surface area contributed by atoms with E-state index in [1.165, 1.54) is 111 Å². The van der Waals surface area contributed by atoms with Crippen molar-refractivity contribution in [1.29, 1.82) is 0 Å². The molecule has 2 spiro atoms. The minimum Gasteiger partial charge on any atom is -0.457 e. The summed E-state index contributed by atoms with van der Waals surface area (Å²) in [5.74, 6) is 5.29. The number of ether oxygens (including phenoxy) is 1. The highest BCUT2D eigenvalue weighted by Crippen LogP contribution is 2.89. The summed E-state index contributed by atoms with van der Waals surface area (Å²) in [6.07, 6.45) is 7.98. The lowest BCUT2D eigenvalue weighted by Gasteiger charge is -2.77. The molecule has 2 nitrogen and oxygen atoms in total. The van der Waals surface area contributed by atoms with Crippen LogP contribution in [-0.4, -0.2) is 0 Å². The number of fused-ring (bicyclic) bond motifs is 11. The van der Waals surface area contributed by atoms with Gasteiger partial charge in [0.1, 0.15) is 11.5 Å². The van der Waals surface area contributed by atoms with Gasteiger partial charge in [-0.15, -0.1) is 0 Å². The summed E-state index contributed by atoms with van der Waals surface area (Å²) < 4.78 is 7.16. The van der Waals surface area contributed by atoms with Crippen molar-refractivity contribution >= 4 is 17.1 Å². The minimum absolute atomic E-state index is 0.0234. The maximum Gasteiger partial charge on any atom is 0.132 e. The molecular formula is C57H55NO. The van der Waals surface area contributed by atoms with Crippen LogP contribution in [0, 0.1) is 29.1 Å². The third kappa shape index (κ3) is 4.19. The van der Waals surface area contributed by atoms with Crippen molar-refractivity contribution in [2.24, 2.45) is 29.1 Å². The Balaban J connectivity index is 1.04. The molecule has 294 valence electrons. The first kappa shape index (κ1) is 34.8. The second kappa shape index (κ2) is 11.2. The van der Waals surface area contributed by atoms with E-state index in [2.05, 4.69) is 174 Å². The van der Waals surface area contributed by atoms with Gasteiger partial charge in [0.25, 0.3) is 0 Å². The first-order valence-corrected chi connectivity index (χ1v) is 22.6. The molecule has 0 saturated heterocycles. The van der Waals surface area contributed by atoms with E-state index in [4.69, 9.17) is 4.74 Å². The number of benzene rings is 6. The Labute approximate surface area is 350 Å². The van der Waals surface area contributed by atoms with E-state index < -0.39 is 0 Å². The average molecular weight is 770 g/mol. The van der Waals surface area contributed by atoms with Gasteiger partial charge in [0.2, 0.25) is 0 Å². The Bertz CT molecular complexity index is 2790. The molecule has 7 aliphatic rings. The minimum atomic E-state index is -0.0934. The zero-order valence-corrected chi connectivity index (χ0v) is 35.5. The van der Waals surface area contributed by atoms with Crippen LogP contribution in [0.3, 0.4) is 0 Å². The summed E-state index contributed by atoms with van der Waals surface area (Å²) in [7, 11) is 0. The predicted molar refractivity (Wildman–Crippen MR) is 242 cm³/mol. The van der Waals surface area contributed by atoms with Crippen LogP contribution in [0.25, 0.3) is 22.3 Å². The van der Waals surface area contributed by atoms with Crippen LogP contribution in [0.5, 0.6) is 11.5 Å². The Morgan fingerprint density at radius 1 is 0.525 bits per heavy atom. The maximum absolute atomic E-state index is 7.16. The fourth-order valence-electron chi connectivity index (χ4n) is 15.2. The summed E-state index contributed by atoms with van der Waals surface area (Å²) in [4.78, 5) is 2.65. The molecule has 6 atom stereocenters. The van der Waals surface area contributed by atoms with E-state index in [1.807, 2.05) is 0 Å². The molecule has 0 aromatic heterocycles. The third-order valence-electron chi connectivity index (χ3n) is 17.8. The van der Waals surface area contributed by atoms with Crippen molar-refractivity contribution in [1.82, 2.24) is 0 Å². The fourth-order valence-corrected chi connectivity index (χ4v) is 15.2. The predicted octanol–water partition coefficient (Wildman–Crippen LogP) is 14.9. The molecule has 0 radical (unpaired) electrons. The molecule has 0 N–H and O–H groups in total. The molecule has 2 bridgehead atoms. The molecule has 1 heterocycles. The van der Waals surface area contributed by atoms with Gasteiger partial charge >= 0.3 is 0 Å². The second-order valence-corrected chi connectivity index (χ2v) is 21.6. The van der Waals surface area contributed by atoms with Gasteiger partial charge in [0, 0.05) is 33.3 Å². The van der Waals surface area contributed by atoms with Crippen molar-refractivity contribution in [3.8, 4) is 33.8 Å². The van der Waals surface area contributed by atoms with Crippen LogP contribution in [0.2, 0.25) is 0 Å². The number of hydrogen-bond donors (Lipinski definition) is 0. The monoisotopic (exact) mass is 769 g/mol. The lowest BCUT2D eigenvalue weighted by atomic mass is 9.26. The Kier molecular flexibility index (Phi) is 6.59. The molecule has 2 heteroatoms. The molecule has 4 saturated carbocycles. The van der Waals surface area contributed by atoms with Crippen molar-refractivity contribution in [3.63, 3.8) is 0 Å². The van der Waals surface area contributed by atoms with Gasteiger partial charge < -0.3 is 9.64 Å². The second-order valence-electron chi connectivity index (χ2n) is 21.6. The first-order valence-electron chi connectivity index (χ1n) is 22.6. The van der Waals surface area contributed by atoms with Crippen molar-refractivity contribution in [3.05, 3.63) is 161 Å². The van der Waals surface area contributed by atoms with E-state index >= 15 is 0 Å². The standard InChI is InChI=1S/C57H55NO/c1-53(2)25-26-54(3,4)52-44(53)17-12-18-47(52)58(38-20-22-41-40-15-10-11-16-42(40)55(5,6)45(41)31-38)39-21-24-48-46(32-39)57(50-28-34-27-37-30-51(57)56(37,50)33-34)43-23-19-36(29-49(43)59-48)35-13-8-7-9-14-35/h7-24,29,31-32,34,37,50-51H,25-28,30,33H2,1-6H3. The molecule has 13 rings (SSSR count). The van der Waals surface area contributed by atoms with Crippen LogP contribution in [0.15, 0.2) is 127 Å². The molecule has 6 aromatic rings. The van der Waals surface area contributed by atoms with Crippen LogP contribution >= 0.6 is 0 Å². The molecule has 59 heavy (non-hydrogen) atoms. The van der Waals surface area contributed by atoms with Gasteiger partial charge in [-0.2, -0.15) is 0 Å². The molecule has 4 fully saturated rings. The Morgan fingerprint density at radius 2 is 1.24 bits per heavy atom. The molecule has 1 aliphatic heterocycles. The molecule has 6 unspecified atom stereocenters. The zero-order valence-electron chi connectivity index (χ0n) is 35.5. The van der Waals surface area contributed by atoms with E-state index in [-0.39, 0.29) is 21.7 Å². The highest BCUT2D eigenvalue weighted by Gasteiger charge is 2.84. The summed E-state index contributed by atoms with van der Waals surface area (Å²) in [5.41, 5.74) is 18.3. The van der Waals surface area contributed by atoms with Crippen LogP contribution in [0.4, 0.5) is 17.1 Å². The zero-order chi connectivity index (χ0) is 39.8. The fraction of sp³-hybridized carbons (Fsp3) is 0.368. The number of nitrogens with zero attached hydrogens (tertiary/aromatic N) is 1. The van der Waals surface area contributed by atoms with Crippen LogP contribution in [-0.2, 0) is 21.7 Å². The molecule has 0 amide bonds. The average Bonchev–Trinajstić information content (AvgIpc) is 3.85. The molecular weight excluding hydrogens is 715 g/mol. The lowest BCUT2D eigenvalue weighted by Crippen LogP contribution is -2.74. The highest BCUT2D eigenvalue weighted by molar-refractivity contribution is 5.87. The van der Waals surface area contributed by atoms with Crippen molar-refractivity contribution < 1.29 is 4.74 Å². The van der Waals surface area contributed by atoms with Crippen molar-refractivity contribution in [2.45, 2.75) is 102 Å². The molecule has 6 aliphatic carbocycles. The summed E-state index contributed by atoms with van der Waals surface area (Å²) in [5, 5.41) is 0. The Morgan fingerprint density at radius 3 is 2.07 bits per heavy atom. The van der Waals surface area contributed by atoms with Gasteiger partial charge in [-0.05, 0) is 165 Å². The highest BCUT2D eigenvalue weighted by atomic mass is 16.5. The quantitative estimate of drug-likeness (QED) is 0.177. The third-order valence-corrected chi connectivity index (χ3v) is 17.8. The normalized spacial score (nSPS) is 29.5. The van der Waals surface area contributed by atoms with E-state index in [1.54, 1.807) is 0 Å². The summed E-state index contributed by atoms with van der Waals surface area (Å²) in [6.45, 7) is 14.7. The summed E-state index contributed by atoms with van der Waals surface area (Å²) >= 11 is 0. The lowest BCUT2D eigenvalue weighted by molar-refractivity contribution is -0.235. The van der Waals surface area contributed by atoms with Gasteiger partial charge in [-0.1, -0.05) is 126 Å². The smallest absolute Gasteiger partial charge is 0.132 e.